The van der Waals surface area contributed by atoms with Crippen LogP contribution >= 0.6 is 0 Å². The molecule has 0 spiro atoms. The zero-order valence-electron chi connectivity index (χ0n) is 16.0. The quantitative estimate of drug-likeness (QED) is 0.539. The van der Waals surface area contributed by atoms with Crippen molar-refractivity contribution >= 4 is 17.3 Å². The molecule has 0 saturated carbocycles. The van der Waals surface area contributed by atoms with Crippen LogP contribution in [-0.4, -0.2) is 22.3 Å². The number of amides is 1. The summed E-state index contributed by atoms with van der Waals surface area (Å²) in [5.74, 6) is 0.00218. The Morgan fingerprint density at radius 3 is 1.96 bits per heavy atom. The van der Waals surface area contributed by atoms with Gasteiger partial charge < -0.3 is 5.32 Å². The van der Waals surface area contributed by atoms with E-state index in [2.05, 4.69) is 31.3 Å². The largest absolute Gasteiger partial charge is 0.351 e. The Morgan fingerprint density at radius 1 is 0.964 bits per heavy atom. The van der Waals surface area contributed by atoms with Gasteiger partial charge in [-0.05, 0) is 29.4 Å². The molecule has 0 aliphatic carbocycles. The van der Waals surface area contributed by atoms with Gasteiger partial charge in [0.05, 0.1) is 21.5 Å². The van der Waals surface area contributed by atoms with Crippen LogP contribution in [0.15, 0.2) is 42.5 Å². The van der Waals surface area contributed by atoms with Crippen molar-refractivity contribution in [3.63, 3.8) is 0 Å². The maximum Gasteiger partial charge on any atom is 0.277 e. The molecule has 28 heavy (non-hydrogen) atoms. The van der Waals surface area contributed by atoms with Crippen molar-refractivity contribution in [2.75, 3.05) is 6.54 Å². The first kappa shape index (κ1) is 21.0. The molecule has 2 aromatic carbocycles. The van der Waals surface area contributed by atoms with Gasteiger partial charge in [-0.15, -0.1) is 0 Å². The van der Waals surface area contributed by atoms with E-state index < -0.39 is 27.1 Å². The number of carbonyl (C=O) groups is 1. The van der Waals surface area contributed by atoms with Crippen LogP contribution in [-0.2, 0) is 6.42 Å². The average Bonchev–Trinajstić information content (AvgIpc) is 2.65. The second kappa shape index (κ2) is 9.07. The van der Waals surface area contributed by atoms with Crippen LogP contribution in [0.1, 0.15) is 48.2 Å². The molecule has 0 heterocycles. The van der Waals surface area contributed by atoms with Crippen LogP contribution in [0.25, 0.3) is 0 Å². The highest BCUT2D eigenvalue weighted by Crippen LogP contribution is 2.23. The molecule has 148 valence electrons. The molecular formula is C20H23N3O5. The zero-order valence-corrected chi connectivity index (χ0v) is 16.0. The standard InChI is InChI=1S/C20H23N3O5/c1-13(2)8-15-4-6-16(7-5-15)14(3)12-21-20(24)17-9-18(22(25)26)11-19(10-17)23(27)28/h4-7,9-11,13-14H,8,12H2,1-3H3,(H,21,24)/t14-/m0/s1. The van der Waals surface area contributed by atoms with Gasteiger partial charge in [0.25, 0.3) is 17.3 Å². The Hall–Kier alpha value is -3.29. The summed E-state index contributed by atoms with van der Waals surface area (Å²) in [6.07, 6.45) is 0.997. The van der Waals surface area contributed by atoms with Crippen molar-refractivity contribution in [3.05, 3.63) is 79.4 Å². The van der Waals surface area contributed by atoms with Crippen LogP contribution < -0.4 is 5.32 Å². The minimum absolute atomic E-state index is 0.0192. The van der Waals surface area contributed by atoms with Gasteiger partial charge >= 0.3 is 0 Å². The van der Waals surface area contributed by atoms with Crippen molar-refractivity contribution in [3.8, 4) is 0 Å². The summed E-state index contributed by atoms with van der Waals surface area (Å²) in [4.78, 5) is 32.7. The fourth-order valence-electron chi connectivity index (χ4n) is 2.86. The molecule has 0 bridgehead atoms. The van der Waals surface area contributed by atoms with Crippen molar-refractivity contribution in [2.24, 2.45) is 5.92 Å². The highest BCUT2D eigenvalue weighted by Gasteiger charge is 2.20. The maximum atomic E-state index is 12.3. The molecule has 0 radical (unpaired) electrons. The van der Waals surface area contributed by atoms with E-state index in [9.17, 15) is 25.0 Å². The van der Waals surface area contributed by atoms with Crippen LogP contribution in [0, 0.1) is 26.1 Å². The van der Waals surface area contributed by atoms with Crippen LogP contribution in [0.4, 0.5) is 11.4 Å². The molecule has 0 aliphatic rings. The van der Waals surface area contributed by atoms with Crippen LogP contribution in [0.5, 0.6) is 0 Å². The van der Waals surface area contributed by atoms with Gasteiger partial charge in [-0.2, -0.15) is 0 Å². The smallest absolute Gasteiger partial charge is 0.277 e. The predicted molar refractivity (Wildman–Crippen MR) is 105 cm³/mol. The molecule has 0 aliphatic heterocycles. The van der Waals surface area contributed by atoms with Crippen LogP contribution in [0.3, 0.4) is 0 Å². The summed E-state index contributed by atoms with van der Waals surface area (Å²) in [5.41, 5.74) is 1.21. The number of carbonyl (C=O) groups excluding carboxylic acids is 1. The van der Waals surface area contributed by atoms with Gasteiger partial charge in [0, 0.05) is 18.7 Å². The molecule has 1 N–H and O–H groups in total. The summed E-state index contributed by atoms with van der Waals surface area (Å²) in [7, 11) is 0. The molecule has 0 unspecified atom stereocenters. The summed E-state index contributed by atoms with van der Waals surface area (Å²) in [6.45, 7) is 6.57. The molecule has 8 nitrogen and oxygen atoms in total. The van der Waals surface area contributed by atoms with Gasteiger partial charge in [-0.1, -0.05) is 45.0 Å². The third-order valence-corrected chi connectivity index (χ3v) is 4.35. The second-order valence-electron chi connectivity index (χ2n) is 7.20. The number of nitro groups is 2. The number of rotatable bonds is 8. The summed E-state index contributed by atoms with van der Waals surface area (Å²) >= 11 is 0. The summed E-state index contributed by atoms with van der Waals surface area (Å²) in [5, 5.41) is 24.6. The third kappa shape index (κ3) is 5.60. The monoisotopic (exact) mass is 385 g/mol. The number of nitrogens with zero attached hydrogens (tertiary/aromatic N) is 2. The van der Waals surface area contributed by atoms with E-state index in [1.165, 1.54) is 5.56 Å². The highest BCUT2D eigenvalue weighted by atomic mass is 16.6. The van der Waals surface area contributed by atoms with Crippen molar-refractivity contribution in [1.29, 1.82) is 0 Å². The molecule has 8 heteroatoms. The fourth-order valence-corrected chi connectivity index (χ4v) is 2.86. The lowest BCUT2D eigenvalue weighted by molar-refractivity contribution is -0.394. The minimum atomic E-state index is -0.759. The molecule has 0 saturated heterocycles. The van der Waals surface area contributed by atoms with Gasteiger partial charge in [-0.25, -0.2) is 0 Å². The van der Waals surface area contributed by atoms with E-state index in [-0.39, 0.29) is 11.5 Å². The number of benzene rings is 2. The number of hydrogen-bond acceptors (Lipinski definition) is 5. The Balaban J connectivity index is 2.07. The van der Waals surface area contributed by atoms with E-state index in [4.69, 9.17) is 0 Å². The molecule has 2 rings (SSSR count). The van der Waals surface area contributed by atoms with E-state index in [0.29, 0.717) is 12.5 Å². The summed E-state index contributed by atoms with van der Waals surface area (Å²) in [6, 6.07) is 11.1. The first-order valence-corrected chi connectivity index (χ1v) is 8.98. The molecular weight excluding hydrogens is 362 g/mol. The van der Waals surface area contributed by atoms with Gasteiger partial charge in [0.1, 0.15) is 0 Å². The molecule has 1 atom stereocenters. The number of non-ortho nitro benzene ring substituents is 2. The second-order valence-corrected chi connectivity index (χ2v) is 7.20. The summed E-state index contributed by atoms with van der Waals surface area (Å²) < 4.78 is 0. The topological polar surface area (TPSA) is 115 Å². The lowest BCUT2D eigenvalue weighted by Crippen LogP contribution is -2.27. The Labute approximate surface area is 162 Å². The first-order chi connectivity index (χ1) is 13.2. The Kier molecular flexibility index (Phi) is 6.81. The number of hydrogen-bond donors (Lipinski definition) is 1. The SMILES string of the molecule is CC(C)Cc1ccc([C@@H](C)CNC(=O)c2cc([N+](=O)[O-])cc([N+](=O)[O-])c2)cc1. The maximum absolute atomic E-state index is 12.3. The van der Waals surface area contributed by atoms with Crippen molar-refractivity contribution in [1.82, 2.24) is 5.32 Å². The van der Waals surface area contributed by atoms with E-state index in [0.717, 1.165) is 30.2 Å². The molecule has 2 aromatic rings. The van der Waals surface area contributed by atoms with Gasteiger partial charge in [-0.3, -0.25) is 25.0 Å². The Bertz CT molecular complexity index is 846. The van der Waals surface area contributed by atoms with Crippen molar-refractivity contribution in [2.45, 2.75) is 33.1 Å². The molecule has 1 amide bonds. The van der Waals surface area contributed by atoms with Gasteiger partial charge in [0.2, 0.25) is 0 Å². The first-order valence-electron chi connectivity index (χ1n) is 8.98. The molecule has 0 aromatic heterocycles. The Morgan fingerprint density at radius 2 is 1.50 bits per heavy atom. The van der Waals surface area contributed by atoms with Crippen molar-refractivity contribution < 1.29 is 14.6 Å². The fraction of sp³-hybridized carbons (Fsp3) is 0.350. The number of nitrogens with one attached hydrogen (secondary N) is 1. The zero-order chi connectivity index (χ0) is 20.8. The number of nitro benzene ring substituents is 2. The third-order valence-electron chi connectivity index (χ3n) is 4.35. The van der Waals surface area contributed by atoms with E-state index >= 15 is 0 Å². The van der Waals surface area contributed by atoms with Crippen LogP contribution in [0.2, 0.25) is 0 Å². The normalized spacial score (nSPS) is 11.9. The lowest BCUT2D eigenvalue weighted by atomic mass is 9.96. The molecule has 0 fully saturated rings. The van der Waals surface area contributed by atoms with E-state index in [1.54, 1.807) is 0 Å². The average molecular weight is 385 g/mol. The lowest BCUT2D eigenvalue weighted by Gasteiger charge is -2.14. The highest BCUT2D eigenvalue weighted by molar-refractivity contribution is 5.95. The van der Waals surface area contributed by atoms with E-state index in [1.807, 2.05) is 19.1 Å². The minimum Gasteiger partial charge on any atom is -0.351 e. The van der Waals surface area contributed by atoms with Gasteiger partial charge in [0.15, 0.2) is 0 Å². The predicted octanol–water partition coefficient (Wildman–Crippen LogP) is 4.24.